The highest BCUT2D eigenvalue weighted by Gasteiger charge is 2.06. The first-order valence-electron chi connectivity index (χ1n) is 6.19. The highest BCUT2D eigenvalue weighted by Crippen LogP contribution is 2.17. The molecule has 0 aliphatic heterocycles. The summed E-state index contributed by atoms with van der Waals surface area (Å²) in [5, 5.41) is 3.43. The molecule has 0 radical (unpaired) electrons. The van der Waals surface area contributed by atoms with Crippen LogP contribution in [0.15, 0.2) is 28.7 Å². The third-order valence-electron chi connectivity index (χ3n) is 2.87. The number of amides is 1. The summed E-state index contributed by atoms with van der Waals surface area (Å²) in [7, 11) is 3.58. The molecule has 1 aromatic carbocycles. The van der Waals surface area contributed by atoms with Crippen LogP contribution in [0.4, 0.5) is 0 Å². The summed E-state index contributed by atoms with van der Waals surface area (Å²) in [6, 6.07) is 8.58. The van der Waals surface area contributed by atoms with Crippen molar-refractivity contribution >= 4 is 21.8 Å². The van der Waals surface area contributed by atoms with Gasteiger partial charge in [-0.1, -0.05) is 28.1 Å². The lowest BCUT2D eigenvalue weighted by atomic mass is 10.1. The van der Waals surface area contributed by atoms with Crippen molar-refractivity contribution in [2.45, 2.75) is 25.8 Å². The van der Waals surface area contributed by atoms with Gasteiger partial charge in [0.05, 0.1) is 0 Å². The Morgan fingerprint density at radius 2 is 2.17 bits per heavy atom. The maximum atomic E-state index is 11.4. The fraction of sp³-hybridized carbons (Fsp3) is 0.500. The van der Waals surface area contributed by atoms with Crippen LogP contribution in [-0.2, 0) is 4.79 Å². The van der Waals surface area contributed by atoms with Crippen LogP contribution in [-0.4, -0.2) is 31.4 Å². The molecule has 0 saturated heterocycles. The minimum Gasteiger partial charge on any atom is -0.349 e. The van der Waals surface area contributed by atoms with Crippen molar-refractivity contribution in [1.29, 1.82) is 0 Å². The van der Waals surface area contributed by atoms with Gasteiger partial charge in [-0.3, -0.25) is 4.79 Å². The molecule has 0 aromatic heterocycles. The monoisotopic (exact) mass is 312 g/mol. The van der Waals surface area contributed by atoms with E-state index < -0.39 is 0 Å². The van der Waals surface area contributed by atoms with Gasteiger partial charge in [0, 0.05) is 31.0 Å². The predicted molar refractivity (Wildman–Crippen MR) is 78.5 cm³/mol. The smallest absolute Gasteiger partial charge is 0.222 e. The van der Waals surface area contributed by atoms with Gasteiger partial charge in [-0.15, -0.1) is 0 Å². The molecule has 100 valence electrons. The highest BCUT2D eigenvalue weighted by atomic mass is 79.9. The van der Waals surface area contributed by atoms with E-state index in [1.54, 1.807) is 19.0 Å². The van der Waals surface area contributed by atoms with Gasteiger partial charge in [0.25, 0.3) is 0 Å². The SMILES string of the molecule is C[C@@H](NCCCC(=O)N(C)C)c1cccc(Br)c1. The number of carbonyl (C=O) groups is 1. The summed E-state index contributed by atoms with van der Waals surface area (Å²) in [5.41, 5.74) is 1.25. The molecule has 1 atom stereocenters. The third kappa shape index (κ3) is 5.19. The van der Waals surface area contributed by atoms with Gasteiger partial charge in [-0.2, -0.15) is 0 Å². The van der Waals surface area contributed by atoms with Crippen LogP contribution < -0.4 is 5.32 Å². The first-order chi connectivity index (χ1) is 8.50. The largest absolute Gasteiger partial charge is 0.349 e. The van der Waals surface area contributed by atoms with E-state index in [0.29, 0.717) is 12.5 Å². The Bertz CT molecular complexity index is 393. The second kappa shape index (κ2) is 7.54. The van der Waals surface area contributed by atoms with E-state index >= 15 is 0 Å². The number of nitrogens with one attached hydrogen (secondary N) is 1. The Hall–Kier alpha value is -0.870. The van der Waals surface area contributed by atoms with E-state index in [2.05, 4.69) is 40.3 Å². The van der Waals surface area contributed by atoms with E-state index in [0.717, 1.165) is 17.4 Å². The van der Waals surface area contributed by atoms with Crippen LogP contribution in [0.5, 0.6) is 0 Å². The number of benzene rings is 1. The van der Waals surface area contributed by atoms with Gasteiger partial charge in [0.2, 0.25) is 5.91 Å². The topological polar surface area (TPSA) is 32.3 Å². The molecule has 1 N–H and O–H groups in total. The lowest BCUT2D eigenvalue weighted by molar-refractivity contribution is -0.128. The Morgan fingerprint density at radius 1 is 1.44 bits per heavy atom. The van der Waals surface area contributed by atoms with Crippen molar-refractivity contribution in [2.24, 2.45) is 0 Å². The van der Waals surface area contributed by atoms with Crippen molar-refractivity contribution in [3.63, 3.8) is 0 Å². The van der Waals surface area contributed by atoms with Gasteiger partial charge < -0.3 is 10.2 Å². The molecule has 0 fully saturated rings. The lowest BCUT2D eigenvalue weighted by Crippen LogP contribution is -2.24. The zero-order valence-electron chi connectivity index (χ0n) is 11.2. The van der Waals surface area contributed by atoms with Crippen molar-refractivity contribution in [1.82, 2.24) is 10.2 Å². The van der Waals surface area contributed by atoms with Crippen LogP contribution in [0.3, 0.4) is 0 Å². The average Bonchev–Trinajstić information content (AvgIpc) is 2.33. The van der Waals surface area contributed by atoms with Crippen molar-refractivity contribution < 1.29 is 4.79 Å². The van der Waals surface area contributed by atoms with Crippen LogP contribution in [0.2, 0.25) is 0 Å². The van der Waals surface area contributed by atoms with E-state index in [4.69, 9.17) is 0 Å². The fourth-order valence-corrected chi connectivity index (χ4v) is 2.09. The minimum atomic E-state index is 0.187. The van der Waals surface area contributed by atoms with E-state index in [1.807, 2.05) is 12.1 Å². The summed E-state index contributed by atoms with van der Waals surface area (Å²) in [6.45, 7) is 2.99. The minimum absolute atomic E-state index is 0.187. The third-order valence-corrected chi connectivity index (χ3v) is 3.36. The van der Waals surface area contributed by atoms with Crippen LogP contribution in [0.1, 0.15) is 31.4 Å². The fourth-order valence-electron chi connectivity index (χ4n) is 1.68. The van der Waals surface area contributed by atoms with Gasteiger partial charge in [0.15, 0.2) is 0 Å². The molecule has 4 heteroatoms. The second-order valence-corrected chi connectivity index (χ2v) is 5.54. The summed E-state index contributed by atoms with van der Waals surface area (Å²) < 4.78 is 1.09. The van der Waals surface area contributed by atoms with Crippen LogP contribution in [0.25, 0.3) is 0 Å². The molecule has 0 aliphatic carbocycles. The molecule has 0 spiro atoms. The van der Waals surface area contributed by atoms with Crippen molar-refractivity contribution in [3.05, 3.63) is 34.3 Å². The van der Waals surface area contributed by atoms with E-state index in [-0.39, 0.29) is 5.91 Å². The van der Waals surface area contributed by atoms with Crippen LogP contribution in [0, 0.1) is 0 Å². The summed E-state index contributed by atoms with van der Waals surface area (Å²) in [5.74, 6) is 0.187. The molecule has 0 bridgehead atoms. The number of rotatable bonds is 6. The molecule has 0 aliphatic rings. The van der Waals surface area contributed by atoms with Gasteiger partial charge in [0.1, 0.15) is 0 Å². The van der Waals surface area contributed by atoms with Crippen LogP contribution >= 0.6 is 15.9 Å². The van der Waals surface area contributed by atoms with Gasteiger partial charge in [-0.05, 0) is 37.6 Å². The van der Waals surface area contributed by atoms with E-state index in [1.165, 1.54) is 5.56 Å². The Kier molecular flexibility index (Phi) is 6.36. The molecule has 0 heterocycles. The van der Waals surface area contributed by atoms with E-state index in [9.17, 15) is 4.79 Å². The van der Waals surface area contributed by atoms with Gasteiger partial charge >= 0.3 is 0 Å². The number of carbonyl (C=O) groups excluding carboxylic acids is 1. The maximum Gasteiger partial charge on any atom is 0.222 e. The highest BCUT2D eigenvalue weighted by molar-refractivity contribution is 9.10. The average molecular weight is 313 g/mol. The molecule has 1 rings (SSSR count). The number of hydrogen-bond donors (Lipinski definition) is 1. The molecular weight excluding hydrogens is 292 g/mol. The summed E-state index contributed by atoms with van der Waals surface area (Å²) in [6.07, 6.45) is 1.47. The second-order valence-electron chi connectivity index (χ2n) is 4.62. The first-order valence-corrected chi connectivity index (χ1v) is 6.99. The Balaban J connectivity index is 2.29. The predicted octanol–water partition coefficient (Wildman–Crippen LogP) is 2.97. The molecule has 0 saturated carbocycles. The molecule has 18 heavy (non-hydrogen) atoms. The zero-order chi connectivity index (χ0) is 13.5. The molecule has 1 aromatic rings. The van der Waals surface area contributed by atoms with Gasteiger partial charge in [-0.25, -0.2) is 0 Å². The lowest BCUT2D eigenvalue weighted by Gasteiger charge is -2.15. The zero-order valence-corrected chi connectivity index (χ0v) is 12.8. The van der Waals surface area contributed by atoms with Crippen molar-refractivity contribution in [2.75, 3.05) is 20.6 Å². The Labute approximate surface area is 118 Å². The number of halogens is 1. The quantitative estimate of drug-likeness (QED) is 0.819. The number of hydrogen-bond acceptors (Lipinski definition) is 2. The molecule has 0 unspecified atom stereocenters. The molecular formula is C14H21BrN2O. The summed E-state index contributed by atoms with van der Waals surface area (Å²) in [4.78, 5) is 13.0. The first kappa shape index (κ1) is 15.2. The molecule has 1 amide bonds. The maximum absolute atomic E-state index is 11.4. The molecule has 3 nitrogen and oxygen atoms in total. The standard InChI is InChI=1S/C14H21BrN2O/c1-11(12-6-4-7-13(15)10-12)16-9-5-8-14(18)17(2)3/h4,6-7,10-11,16H,5,8-9H2,1-3H3/t11-/m1/s1. The normalized spacial score (nSPS) is 12.2. The Morgan fingerprint density at radius 3 is 2.78 bits per heavy atom. The summed E-state index contributed by atoms with van der Waals surface area (Å²) >= 11 is 3.47. The number of nitrogens with zero attached hydrogens (tertiary/aromatic N) is 1. The van der Waals surface area contributed by atoms with Crippen molar-refractivity contribution in [3.8, 4) is 0 Å².